The summed E-state index contributed by atoms with van der Waals surface area (Å²) in [6.45, 7) is 13.9. The van der Waals surface area contributed by atoms with E-state index in [2.05, 4.69) is 39.5 Å². The van der Waals surface area contributed by atoms with Crippen LogP contribution in [0.3, 0.4) is 0 Å². The van der Waals surface area contributed by atoms with E-state index in [9.17, 15) is 0 Å². The van der Waals surface area contributed by atoms with Gasteiger partial charge >= 0.3 is 0 Å². The van der Waals surface area contributed by atoms with Crippen molar-refractivity contribution in [3.05, 3.63) is 0 Å². The zero-order chi connectivity index (χ0) is 12.3. The van der Waals surface area contributed by atoms with Crippen molar-refractivity contribution in [3.63, 3.8) is 0 Å². The van der Waals surface area contributed by atoms with Gasteiger partial charge in [-0.2, -0.15) is 0 Å². The number of nitrogens with two attached hydrogens (primary N) is 1. The minimum absolute atomic E-state index is 0.241. The number of hydrogen-bond acceptors (Lipinski definition) is 2. The maximum absolute atomic E-state index is 6.22. The smallest absolute Gasteiger partial charge is 0.00998 e. The molecule has 0 spiro atoms. The fourth-order valence-corrected chi connectivity index (χ4v) is 2.43. The first-order chi connectivity index (χ1) is 7.30. The fraction of sp³-hybridized carbons (Fsp3) is 1.00. The lowest BCUT2D eigenvalue weighted by atomic mass is 9.85. The summed E-state index contributed by atoms with van der Waals surface area (Å²) in [6, 6.07) is 1.07. The van der Waals surface area contributed by atoms with Gasteiger partial charge in [-0.05, 0) is 44.1 Å². The van der Waals surface area contributed by atoms with Gasteiger partial charge in [0.25, 0.3) is 0 Å². The Bertz CT molecular complexity index is 207. The third-order valence-corrected chi connectivity index (χ3v) is 4.09. The van der Waals surface area contributed by atoms with Gasteiger partial charge < -0.3 is 10.6 Å². The second-order valence-electron chi connectivity index (χ2n) is 6.79. The van der Waals surface area contributed by atoms with Gasteiger partial charge in [0.15, 0.2) is 0 Å². The Morgan fingerprint density at radius 3 is 2.44 bits per heavy atom. The van der Waals surface area contributed by atoms with Crippen LogP contribution in [0.5, 0.6) is 0 Å². The summed E-state index contributed by atoms with van der Waals surface area (Å²) in [5.41, 5.74) is 6.46. The third-order valence-electron chi connectivity index (χ3n) is 4.09. The molecule has 2 N–H and O–H groups in total. The molecule has 96 valence electrons. The quantitative estimate of drug-likeness (QED) is 0.802. The van der Waals surface area contributed by atoms with Crippen LogP contribution in [0.25, 0.3) is 0 Å². The predicted octanol–water partition coefficient (Wildman–Crippen LogP) is 2.87. The normalized spacial score (nSPS) is 30.4. The van der Waals surface area contributed by atoms with E-state index >= 15 is 0 Å². The molecule has 1 heterocycles. The van der Waals surface area contributed by atoms with E-state index in [0.29, 0.717) is 6.04 Å². The Kier molecular flexibility index (Phi) is 4.81. The van der Waals surface area contributed by atoms with Gasteiger partial charge in [0.2, 0.25) is 0 Å². The highest BCUT2D eigenvalue weighted by atomic mass is 15.2. The number of nitrogens with zero attached hydrogens (tertiary/aromatic N) is 1. The Hall–Kier alpha value is -0.0800. The molecule has 3 atom stereocenters. The molecule has 1 aliphatic heterocycles. The summed E-state index contributed by atoms with van der Waals surface area (Å²) in [5, 5.41) is 0. The van der Waals surface area contributed by atoms with Crippen LogP contribution < -0.4 is 5.73 Å². The standard InChI is InChI=1S/C14H30N2/c1-11-6-7-12(2)16(10-11)9-8-13(15)14(3,4)5/h11-13H,6-10,15H2,1-5H3. The van der Waals surface area contributed by atoms with Crippen molar-refractivity contribution in [2.24, 2.45) is 17.1 Å². The molecule has 1 fully saturated rings. The molecule has 1 rings (SSSR count). The SMILES string of the molecule is CC1CCC(C)N(CCC(N)C(C)(C)C)C1. The zero-order valence-corrected chi connectivity index (χ0v) is 11.8. The van der Waals surface area contributed by atoms with Gasteiger partial charge in [-0.3, -0.25) is 0 Å². The second-order valence-corrected chi connectivity index (χ2v) is 6.79. The molecule has 1 saturated heterocycles. The second kappa shape index (κ2) is 5.50. The van der Waals surface area contributed by atoms with E-state index in [1.54, 1.807) is 0 Å². The summed E-state index contributed by atoms with van der Waals surface area (Å²) in [6.07, 6.45) is 3.87. The molecule has 16 heavy (non-hydrogen) atoms. The van der Waals surface area contributed by atoms with Gasteiger partial charge in [0.1, 0.15) is 0 Å². The average molecular weight is 226 g/mol. The minimum atomic E-state index is 0.241. The molecule has 0 radical (unpaired) electrons. The molecule has 0 aliphatic carbocycles. The van der Waals surface area contributed by atoms with Crippen LogP contribution >= 0.6 is 0 Å². The highest BCUT2D eigenvalue weighted by Crippen LogP contribution is 2.24. The van der Waals surface area contributed by atoms with E-state index < -0.39 is 0 Å². The lowest BCUT2D eigenvalue weighted by molar-refractivity contribution is 0.114. The fourth-order valence-electron chi connectivity index (χ4n) is 2.43. The Morgan fingerprint density at radius 1 is 1.25 bits per heavy atom. The monoisotopic (exact) mass is 226 g/mol. The predicted molar refractivity (Wildman–Crippen MR) is 71.5 cm³/mol. The van der Waals surface area contributed by atoms with E-state index in [1.807, 2.05) is 0 Å². The van der Waals surface area contributed by atoms with Crippen LogP contribution in [0.2, 0.25) is 0 Å². The van der Waals surface area contributed by atoms with Crippen LogP contribution in [0, 0.1) is 11.3 Å². The Morgan fingerprint density at radius 2 is 1.88 bits per heavy atom. The number of hydrogen-bond donors (Lipinski definition) is 1. The lowest BCUT2D eigenvalue weighted by Gasteiger charge is -2.38. The van der Waals surface area contributed by atoms with Gasteiger partial charge in [-0.1, -0.05) is 27.7 Å². The summed E-state index contributed by atoms with van der Waals surface area (Å²) in [4.78, 5) is 2.62. The highest BCUT2D eigenvalue weighted by molar-refractivity contribution is 4.81. The Balaban J connectivity index is 2.36. The first-order valence-corrected chi connectivity index (χ1v) is 6.80. The van der Waals surface area contributed by atoms with Crippen molar-refractivity contribution in [1.82, 2.24) is 4.90 Å². The summed E-state index contributed by atoms with van der Waals surface area (Å²) >= 11 is 0. The van der Waals surface area contributed by atoms with E-state index in [4.69, 9.17) is 5.73 Å². The molecule has 2 nitrogen and oxygen atoms in total. The average Bonchev–Trinajstić information content (AvgIpc) is 2.17. The first-order valence-electron chi connectivity index (χ1n) is 6.80. The molecule has 0 bridgehead atoms. The minimum Gasteiger partial charge on any atom is -0.327 e. The third kappa shape index (κ3) is 4.06. The number of likely N-dealkylation sites (tertiary alicyclic amines) is 1. The van der Waals surface area contributed by atoms with E-state index in [-0.39, 0.29) is 5.41 Å². The van der Waals surface area contributed by atoms with Gasteiger partial charge in [0.05, 0.1) is 0 Å². The molecule has 0 amide bonds. The van der Waals surface area contributed by atoms with Gasteiger partial charge in [-0.25, -0.2) is 0 Å². The maximum Gasteiger partial charge on any atom is 0.00998 e. The molecule has 3 unspecified atom stereocenters. The summed E-state index contributed by atoms with van der Waals surface area (Å²) in [5.74, 6) is 0.863. The van der Waals surface area contributed by atoms with Crippen molar-refractivity contribution >= 4 is 0 Å². The topological polar surface area (TPSA) is 29.3 Å². The van der Waals surface area contributed by atoms with Crippen LogP contribution in [0.1, 0.15) is 53.9 Å². The molecule has 0 aromatic carbocycles. The first kappa shape index (κ1) is 14.0. The van der Waals surface area contributed by atoms with Crippen molar-refractivity contribution in [3.8, 4) is 0 Å². The largest absolute Gasteiger partial charge is 0.327 e. The number of piperidine rings is 1. The highest BCUT2D eigenvalue weighted by Gasteiger charge is 2.25. The molecule has 0 aromatic rings. The van der Waals surface area contributed by atoms with Gasteiger partial charge in [-0.15, -0.1) is 0 Å². The molecular weight excluding hydrogens is 196 g/mol. The molecule has 0 aromatic heterocycles. The van der Waals surface area contributed by atoms with Crippen molar-refractivity contribution < 1.29 is 0 Å². The molecule has 2 heteroatoms. The number of rotatable bonds is 3. The van der Waals surface area contributed by atoms with Crippen LogP contribution in [-0.2, 0) is 0 Å². The van der Waals surface area contributed by atoms with Crippen molar-refractivity contribution in [2.75, 3.05) is 13.1 Å². The Labute approximate surface area is 102 Å². The zero-order valence-electron chi connectivity index (χ0n) is 11.8. The van der Waals surface area contributed by atoms with E-state index in [1.165, 1.54) is 25.9 Å². The van der Waals surface area contributed by atoms with Gasteiger partial charge in [0, 0.05) is 18.6 Å². The van der Waals surface area contributed by atoms with Crippen molar-refractivity contribution in [1.29, 1.82) is 0 Å². The summed E-state index contributed by atoms with van der Waals surface area (Å²) < 4.78 is 0. The molecule has 0 saturated carbocycles. The molecule has 1 aliphatic rings. The van der Waals surface area contributed by atoms with E-state index in [0.717, 1.165) is 18.4 Å². The summed E-state index contributed by atoms with van der Waals surface area (Å²) in [7, 11) is 0. The lowest BCUT2D eigenvalue weighted by Crippen LogP contribution is -2.45. The van der Waals surface area contributed by atoms with Crippen LogP contribution in [-0.4, -0.2) is 30.1 Å². The van der Waals surface area contributed by atoms with Crippen LogP contribution in [0.15, 0.2) is 0 Å². The van der Waals surface area contributed by atoms with Crippen LogP contribution in [0.4, 0.5) is 0 Å². The molecular formula is C14H30N2. The van der Waals surface area contributed by atoms with Crippen molar-refractivity contribution in [2.45, 2.75) is 66.0 Å². The maximum atomic E-state index is 6.22.